The van der Waals surface area contributed by atoms with E-state index in [1.54, 1.807) is 6.92 Å². The first kappa shape index (κ1) is 13.5. The Morgan fingerprint density at radius 2 is 2.17 bits per heavy atom. The van der Waals surface area contributed by atoms with Gasteiger partial charge < -0.3 is 5.73 Å². The zero-order valence-corrected chi connectivity index (χ0v) is 11.0. The maximum absolute atomic E-state index is 13.0. The fourth-order valence-electron chi connectivity index (χ4n) is 2.01. The largest absolute Gasteiger partial charge is 0.329 e. The van der Waals surface area contributed by atoms with Gasteiger partial charge in [-0.2, -0.15) is 0 Å². The summed E-state index contributed by atoms with van der Waals surface area (Å²) in [7, 11) is -3.62. The van der Waals surface area contributed by atoms with Crippen molar-refractivity contribution < 1.29 is 12.8 Å². The topological polar surface area (TPSA) is 72.2 Å². The second-order valence-corrected chi connectivity index (χ2v) is 6.39. The highest BCUT2D eigenvalue weighted by Gasteiger charge is 2.33. The minimum atomic E-state index is -3.62. The molecule has 0 aliphatic heterocycles. The molecule has 0 bridgehead atoms. The van der Waals surface area contributed by atoms with Crippen LogP contribution in [0.3, 0.4) is 0 Å². The molecule has 0 saturated heterocycles. The van der Waals surface area contributed by atoms with Crippen LogP contribution in [0.4, 0.5) is 4.39 Å². The van der Waals surface area contributed by atoms with Gasteiger partial charge in [-0.05, 0) is 49.4 Å². The van der Waals surface area contributed by atoms with Crippen molar-refractivity contribution in [2.75, 3.05) is 6.54 Å². The number of nitrogens with two attached hydrogens (primary N) is 1. The minimum Gasteiger partial charge on any atom is -0.329 e. The van der Waals surface area contributed by atoms with E-state index in [0.717, 1.165) is 18.9 Å². The maximum Gasteiger partial charge on any atom is 0.241 e. The molecule has 3 N–H and O–H groups in total. The average Bonchev–Trinajstić information content (AvgIpc) is 3.09. The molecule has 1 unspecified atom stereocenters. The van der Waals surface area contributed by atoms with Crippen LogP contribution < -0.4 is 10.5 Å². The van der Waals surface area contributed by atoms with E-state index in [-0.39, 0.29) is 17.5 Å². The van der Waals surface area contributed by atoms with Gasteiger partial charge in [0.15, 0.2) is 0 Å². The van der Waals surface area contributed by atoms with Gasteiger partial charge in [0.2, 0.25) is 10.0 Å². The summed E-state index contributed by atoms with van der Waals surface area (Å²) in [6.45, 7) is 1.86. The molecule has 2 rings (SSSR count). The summed E-state index contributed by atoms with van der Waals surface area (Å²) in [5.74, 6) is -0.102. The summed E-state index contributed by atoms with van der Waals surface area (Å²) in [5.41, 5.74) is 5.97. The lowest BCUT2D eigenvalue weighted by Crippen LogP contribution is -2.41. The van der Waals surface area contributed by atoms with Crippen molar-refractivity contribution in [3.8, 4) is 0 Å². The molecule has 100 valence electrons. The van der Waals surface area contributed by atoms with Crippen LogP contribution in [0.1, 0.15) is 18.4 Å². The standard InChI is InChI=1S/C12H17FN2O2S/c1-8-6-10(13)4-5-12(8)18(16,17)15-11(7-14)9-2-3-9/h4-6,9,11,15H,2-3,7,14H2,1H3. The monoisotopic (exact) mass is 272 g/mol. The number of hydrogen-bond acceptors (Lipinski definition) is 3. The van der Waals surface area contributed by atoms with E-state index in [4.69, 9.17) is 5.73 Å². The van der Waals surface area contributed by atoms with E-state index in [1.807, 2.05) is 0 Å². The van der Waals surface area contributed by atoms with Gasteiger partial charge in [-0.1, -0.05) is 0 Å². The summed E-state index contributed by atoms with van der Waals surface area (Å²) >= 11 is 0. The van der Waals surface area contributed by atoms with E-state index in [0.29, 0.717) is 11.5 Å². The number of sulfonamides is 1. The van der Waals surface area contributed by atoms with Crippen LogP contribution in [0.5, 0.6) is 0 Å². The van der Waals surface area contributed by atoms with E-state index in [9.17, 15) is 12.8 Å². The smallest absolute Gasteiger partial charge is 0.241 e. The van der Waals surface area contributed by atoms with Crippen LogP contribution >= 0.6 is 0 Å². The lowest BCUT2D eigenvalue weighted by atomic mass is 10.2. The fourth-order valence-corrected chi connectivity index (χ4v) is 3.56. The van der Waals surface area contributed by atoms with Crippen LogP contribution in [0.15, 0.2) is 23.1 Å². The Bertz CT molecular complexity index is 541. The molecule has 0 amide bonds. The van der Waals surface area contributed by atoms with Crippen molar-refractivity contribution in [3.05, 3.63) is 29.6 Å². The Morgan fingerprint density at radius 1 is 1.50 bits per heavy atom. The van der Waals surface area contributed by atoms with Gasteiger partial charge in [-0.3, -0.25) is 0 Å². The summed E-state index contributed by atoms with van der Waals surface area (Å²) in [4.78, 5) is 0.114. The summed E-state index contributed by atoms with van der Waals surface area (Å²) in [5, 5.41) is 0. The lowest BCUT2D eigenvalue weighted by molar-refractivity contribution is 0.518. The molecule has 0 aromatic heterocycles. The lowest BCUT2D eigenvalue weighted by Gasteiger charge is -2.17. The van der Waals surface area contributed by atoms with Crippen LogP contribution in [-0.2, 0) is 10.0 Å². The zero-order chi connectivity index (χ0) is 13.3. The van der Waals surface area contributed by atoms with Gasteiger partial charge >= 0.3 is 0 Å². The molecule has 1 aromatic rings. The van der Waals surface area contributed by atoms with Crippen LogP contribution in [-0.4, -0.2) is 21.0 Å². The molecular weight excluding hydrogens is 255 g/mol. The van der Waals surface area contributed by atoms with Gasteiger partial charge in [-0.25, -0.2) is 17.5 Å². The van der Waals surface area contributed by atoms with E-state index < -0.39 is 15.8 Å². The van der Waals surface area contributed by atoms with Crippen molar-refractivity contribution in [1.82, 2.24) is 4.72 Å². The Hall–Kier alpha value is -0.980. The van der Waals surface area contributed by atoms with Crippen molar-refractivity contribution >= 4 is 10.0 Å². The van der Waals surface area contributed by atoms with E-state index in [1.165, 1.54) is 12.1 Å². The summed E-state index contributed by atoms with van der Waals surface area (Å²) in [6.07, 6.45) is 2.01. The van der Waals surface area contributed by atoms with Gasteiger partial charge in [-0.15, -0.1) is 0 Å². The predicted octanol–water partition coefficient (Wildman–Crippen LogP) is 1.15. The van der Waals surface area contributed by atoms with Crippen LogP contribution in [0.25, 0.3) is 0 Å². The molecule has 6 heteroatoms. The number of rotatable bonds is 5. The second kappa shape index (κ2) is 4.95. The molecule has 1 aromatic carbocycles. The molecule has 1 fully saturated rings. The Kier molecular flexibility index (Phi) is 3.70. The average molecular weight is 272 g/mol. The third-order valence-corrected chi connectivity index (χ3v) is 4.83. The second-order valence-electron chi connectivity index (χ2n) is 4.71. The molecular formula is C12H17FN2O2S. The summed E-state index contributed by atoms with van der Waals surface area (Å²) < 4.78 is 39.9. The molecule has 18 heavy (non-hydrogen) atoms. The SMILES string of the molecule is Cc1cc(F)ccc1S(=O)(=O)NC(CN)C1CC1. The minimum absolute atomic E-state index is 0.114. The maximum atomic E-state index is 13.0. The fraction of sp³-hybridized carbons (Fsp3) is 0.500. The molecule has 0 heterocycles. The van der Waals surface area contributed by atoms with Crippen molar-refractivity contribution in [1.29, 1.82) is 0 Å². The molecule has 1 saturated carbocycles. The molecule has 1 aliphatic carbocycles. The highest BCUT2D eigenvalue weighted by Crippen LogP contribution is 2.33. The highest BCUT2D eigenvalue weighted by molar-refractivity contribution is 7.89. The van der Waals surface area contributed by atoms with Crippen LogP contribution in [0, 0.1) is 18.7 Å². The Labute approximate surface area is 106 Å². The van der Waals surface area contributed by atoms with E-state index >= 15 is 0 Å². The molecule has 4 nitrogen and oxygen atoms in total. The molecule has 0 radical (unpaired) electrons. The molecule has 1 aliphatic rings. The number of benzene rings is 1. The molecule has 0 spiro atoms. The van der Waals surface area contributed by atoms with Crippen molar-refractivity contribution in [2.24, 2.45) is 11.7 Å². The zero-order valence-electron chi connectivity index (χ0n) is 10.2. The molecule has 1 atom stereocenters. The van der Waals surface area contributed by atoms with Gasteiger partial charge in [0.25, 0.3) is 0 Å². The van der Waals surface area contributed by atoms with Gasteiger partial charge in [0.05, 0.1) is 4.90 Å². The Morgan fingerprint density at radius 3 is 2.67 bits per heavy atom. The number of hydrogen-bond donors (Lipinski definition) is 2. The number of halogens is 1. The van der Waals surface area contributed by atoms with Gasteiger partial charge in [0, 0.05) is 12.6 Å². The highest BCUT2D eigenvalue weighted by atomic mass is 32.2. The quantitative estimate of drug-likeness (QED) is 0.844. The third-order valence-electron chi connectivity index (χ3n) is 3.18. The normalized spacial score (nSPS) is 17.7. The predicted molar refractivity (Wildman–Crippen MR) is 67.0 cm³/mol. The first-order valence-corrected chi connectivity index (χ1v) is 7.41. The third kappa shape index (κ3) is 2.88. The first-order valence-electron chi connectivity index (χ1n) is 5.92. The van der Waals surface area contributed by atoms with Crippen LogP contribution in [0.2, 0.25) is 0 Å². The summed E-state index contributed by atoms with van der Waals surface area (Å²) in [6, 6.07) is 3.42. The first-order chi connectivity index (χ1) is 8.44. The van der Waals surface area contributed by atoms with E-state index in [2.05, 4.69) is 4.72 Å². The van der Waals surface area contributed by atoms with Gasteiger partial charge in [0.1, 0.15) is 5.82 Å². The van der Waals surface area contributed by atoms with Crippen molar-refractivity contribution in [3.63, 3.8) is 0 Å². The van der Waals surface area contributed by atoms with Crippen molar-refractivity contribution in [2.45, 2.75) is 30.7 Å². The number of aryl methyl sites for hydroxylation is 1. The number of nitrogens with one attached hydrogen (secondary N) is 1. The Balaban J connectivity index is 2.24.